The standard InChI is InChI=1S/C46H72N14O16/c1-5-23(4)37(60-42(72)29(19-31(48)61)53-33(63)21-47)44(74)59-36(22(2)3)43(73)58-30(20-32(49)62)41(71)55-26(14-16-35(66)67)39(69)57-28(18-24-10-7-6-8-11-24)40(70)54-25(13-15-34(64)65)38(68)56-27(45(75)76)12-9-17-52-46(50)51/h6-8,10-11,22-23,25-30,36-37H,5,9,12-21,47H2,1-4H3,(H2,48,61)(H2,49,62)(H,53,63)(H,54,70)(H,55,71)(H,56,68)(H,57,69)(H,58,73)(H,59,74)(H,60,72)(H,64,65)(H,66,67)(H,75,76)(H4,50,51,52)/t23-,25-,26-,27-,28-,29-,30-,36-,37-/m0/s1. The highest BCUT2D eigenvalue weighted by molar-refractivity contribution is 6.00. The summed E-state index contributed by atoms with van der Waals surface area (Å²) in [6.45, 7) is 5.71. The minimum atomic E-state index is -1.90. The third-order valence-corrected chi connectivity index (χ3v) is 11.4. The van der Waals surface area contributed by atoms with Crippen molar-refractivity contribution in [3.63, 3.8) is 0 Å². The quantitative estimate of drug-likeness (QED) is 0.0169. The first-order valence-electron chi connectivity index (χ1n) is 24.0. The Kier molecular flexibility index (Phi) is 28.8. The maximum absolute atomic E-state index is 14.1. The van der Waals surface area contributed by atoms with Gasteiger partial charge in [-0.25, -0.2) is 4.79 Å². The Morgan fingerprint density at radius 2 is 0.947 bits per heavy atom. The van der Waals surface area contributed by atoms with Crippen molar-refractivity contribution in [2.45, 2.75) is 140 Å². The van der Waals surface area contributed by atoms with E-state index in [9.17, 15) is 77.6 Å². The Bertz CT molecular complexity index is 2260. The highest BCUT2D eigenvalue weighted by Crippen LogP contribution is 2.13. The minimum Gasteiger partial charge on any atom is -0.481 e. The molecule has 9 atom stereocenters. The SMILES string of the molecule is CC[C@H](C)[C@H](NC(=O)[C@H](CC(N)=O)NC(=O)CN)C(=O)N[C@H](C(=O)N[C@@H](CC(N)=O)C(=O)N[C@@H](CCC(=O)O)C(=O)N[C@@H](Cc1ccccc1)C(=O)N[C@@H](CCC(=O)O)C(=O)N[C@@H](CCCN=C(N)N)C(=O)O)C(C)C. The van der Waals surface area contributed by atoms with Gasteiger partial charge in [0.1, 0.15) is 48.3 Å². The van der Waals surface area contributed by atoms with Gasteiger partial charge in [0.15, 0.2) is 5.96 Å². The second kappa shape index (κ2) is 33.4. The number of hydrogen-bond acceptors (Lipinski definition) is 15. The van der Waals surface area contributed by atoms with E-state index in [-0.39, 0.29) is 38.2 Å². The van der Waals surface area contributed by atoms with E-state index in [0.717, 1.165) is 0 Å². The highest BCUT2D eigenvalue weighted by Gasteiger charge is 2.37. The predicted molar refractivity (Wildman–Crippen MR) is 268 cm³/mol. The average Bonchev–Trinajstić information content (AvgIpc) is 3.33. The molecule has 0 saturated heterocycles. The van der Waals surface area contributed by atoms with Gasteiger partial charge in [0.2, 0.25) is 59.1 Å². The molecule has 10 amide bonds. The highest BCUT2D eigenvalue weighted by atomic mass is 16.4. The summed E-state index contributed by atoms with van der Waals surface area (Å²) in [6.07, 6.45) is -4.39. The lowest BCUT2D eigenvalue weighted by Crippen LogP contribution is -2.62. The number of nitrogens with one attached hydrogen (secondary N) is 8. The number of carbonyl (C=O) groups is 13. The number of aliphatic imine (C=N–C) groups is 1. The largest absolute Gasteiger partial charge is 0.481 e. The van der Waals surface area contributed by atoms with E-state index in [2.05, 4.69) is 47.5 Å². The number of nitrogens with zero attached hydrogens (tertiary/aromatic N) is 1. The second-order valence-electron chi connectivity index (χ2n) is 17.9. The van der Waals surface area contributed by atoms with Gasteiger partial charge in [-0.15, -0.1) is 0 Å². The van der Waals surface area contributed by atoms with Crippen molar-refractivity contribution in [3.05, 3.63) is 35.9 Å². The molecule has 30 heteroatoms. The first-order chi connectivity index (χ1) is 35.6. The van der Waals surface area contributed by atoms with Gasteiger partial charge >= 0.3 is 17.9 Å². The van der Waals surface area contributed by atoms with Crippen molar-refractivity contribution >= 4 is 82.9 Å². The van der Waals surface area contributed by atoms with Crippen LogP contribution in [0, 0.1) is 11.8 Å². The molecule has 0 unspecified atom stereocenters. The zero-order valence-corrected chi connectivity index (χ0v) is 42.6. The van der Waals surface area contributed by atoms with Crippen LogP contribution in [-0.2, 0) is 68.7 Å². The molecule has 0 aliphatic rings. The van der Waals surface area contributed by atoms with Gasteiger partial charge in [-0.3, -0.25) is 62.5 Å². The van der Waals surface area contributed by atoms with Gasteiger partial charge in [-0.05, 0) is 43.1 Å². The van der Waals surface area contributed by atoms with Crippen molar-refractivity contribution in [2.75, 3.05) is 13.1 Å². The van der Waals surface area contributed by atoms with E-state index in [1.54, 1.807) is 44.2 Å². The van der Waals surface area contributed by atoms with Gasteiger partial charge < -0.3 is 86.5 Å². The lowest BCUT2D eigenvalue weighted by molar-refractivity contribution is -0.143. The van der Waals surface area contributed by atoms with E-state index in [1.165, 1.54) is 13.8 Å². The Morgan fingerprint density at radius 1 is 0.526 bits per heavy atom. The van der Waals surface area contributed by atoms with E-state index in [0.29, 0.717) is 5.56 Å². The molecule has 1 rings (SSSR count). The molecule has 0 spiro atoms. The van der Waals surface area contributed by atoms with Crippen LogP contribution in [-0.4, -0.2) is 160 Å². The first kappa shape index (κ1) is 65.6. The smallest absolute Gasteiger partial charge is 0.326 e. The molecule has 0 bridgehead atoms. The molecular formula is C46H72N14O16. The Labute approximate surface area is 437 Å². The summed E-state index contributed by atoms with van der Waals surface area (Å²) >= 11 is 0. The molecule has 76 heavy (non-hydrogen) atoms. The van der Waals surface area contributed by atoms with Crippen molar-refractivity contribution in [1.82, 2.24) is 42.5 Å². The summed E-state index contributed by atoms with van der Waals surface area (Å²) in [5.41, 5.74) is 27.1. The summed E-state index contributed by atoms with van der Waals surface area (Å²) in [5, 5.41) is 47.6. The van der Waals surface area contributed by atoms with Gasteiger partial charge in [-0.1, -0.05) is 64.4 Å². The zero-order chi connectivity index (χ0) is 57.8. The van der Waals surface area contributed by atoms with Gasteiger partial charge in [0.05, 0.1) is 19.4 Å². The maximum atomic E-state index is 14.1. The third kappa shape index (κ3) is 25.0. The van der Waals surface area contributed by atoms with E-state index in [1.807, 2.05) is 0 Å². The number of primary amides is 2. The van der Waals surface area contributed by atoms with Crippen LogP contribution in [0.25, 0.3) is 0 Å². The molecule has 0 aliphatic carbocycles. The number of carbonyl (C=O) groups excluding carboxylic acids is 10. The number of benzene rings is 1. The summed E-state index contributed by atoms with van der Waals surface area (Å²) in [4.78, 5) is 172. The molecule has 0 saturated carbocycles. The Hall–Kier alpha value is -8.44. The topological polar surface area (TPSA) is 521 Å². The van der Waals surface area contributed by atoms with Gasteiger partial charge in [-0.2, -0.15) is 0 Å². The molecule has 0 aliphatic heterocycles. The first-order valence-corrected chi connectivity index (χ1v) is 24.0. The fourth-order valence-corrected chi connectivity index (χ4v) is 7.05. The van der Waals surface area contributed by atoms with Gasteiger partial charge in [0, 0.05) is 25.8 Å². The van der Waals surface area contributed by atoms with Crippen LogP contribution >= 0.6 is 0 Å². The van der Waals surface area contributed by atoms with Crippen LogP contribution in [0.1, 0.15) is 91.0 Å². The van der Waals surface area contributed by atoms with Crippen LogP contribution in [0.3, 0.4) is 0 Å². The Morgan fingerprint density at radius 3 is 1.39 bits per heavy atom. The molecule has 30 nitrogen and oxygen atoms in total. The normalized spacial score (nSPS) is 14.4. The second-order valence-corrected chi connectivity index (χ2v) is 17.9. The number of carboxylic acids is 3. The molecule has 1 aromatic rings. The molecule has 0 heterocycles. The summed E-state index contributed by atoms with van der Waals surface area (Å²) in [5.74, 6) is -16.6. The molecule has 21 N–H and O–H groups in total. The predicted octanol–water partition coefficient (Wildman–Crippen LogP) is -5.61. The van der Waals surface area contributed by atoms with Crippen molar-refractivity contribution in [3.8, 4) is 0 Å². The number of nitrogens with two attached hydrogens (primary N) is 5. The lowest BCUT2D eigenvalue weighted by atomic mass is 9.95. The lowest BCUT2D eigenvalue weighted by Gasteiger charge is -2.30. The van der Waals surface area contributed by atoms with Crippen LogP contribution in [0.2, 0.25) is 0 Å². The average molecular weight is 1080 g/mol. The summed E-state index contributed by atoms with van der Waals surface area (Å²) in [7, 11) is 0. The summed E-state index contributed by atoms with van der Waals surface area (Å²) in [6, 6.07) is -5.13. The van der Waals surface area contributed by atoms with Crippen LogP contribution < -0.4 is 71.2 Å². The summed E-state index contributed by atoms with van der Waals surface area (Å²) < 4.78 is 0. The van der Waals surface area contributed by atoms with Crippen LogP contribution in [0.4, 0.5) is 0 Å². The molecular weight excluding hydrogens is 1000 g/mol. The maximum Gasteiger partial charge on any atom is 0.326 e. The number of carboxylic acid groups (broad SMARTS) is 3. The van der Waals surface area contributed by atoms with E-state index < -0.39 is 182 Å². The number of aliphatic carboxylic acids is 3. The Balaban J connectivity index is 3.58. The van der Waals surface area contributed by atoms with Crippen LogP contribution in [0.5, 0.6) is 0 Å². The minimum absolute atomic E-state index is 0.00248. The van der Waals surface area contributed by atoms with Crippen molar-refractivity contribution < 1.29 is 77.6 Å². The number of guanidine groups is 1. The van der Waals surface area contributed by atoms with Crippen molar-refractivity contribution in [2.24, 2.45) is 45.5 Å². The number of rotatable bonds is 36. The third-order valence-electron chi connectivity index (χ3n) is 11.4. The zero-order valence-electron chi connectivity index (χ0n) is 42.6. The fourth-order valence-electron chi connectivity index (χ4n) is 7.05. The molecule has 1 aromatic carbocycles. The molecule has 0 radical (unpaired) electrons. The molecule has 422 valence electrons. The number of hydrogen-bond donors (Lipinski definition) is 16. The number of amides is 10. The van der Waals surface area contributed by atoms with Crippen molar-refractivity contribution in [1.29, 1.82) is 0 Å². The van der Waals surface area contributed by atoms with E-state index >= 15 is 0 Å². The molecule has 0 fully saturated rings. The van der Waals surface area contributed by atoms with Gasteiger partial charge in [0.25, 0.3) is 0 Å². The van der Waals surface area contributed by atoms with E-state index in [4.69, 9.17) is 28.7 Å². The monoisotopic (exact) mass is 1080 g/mol. The van der Waals surface area contributed by atoms with Crippen LogP contribution in [0.15, 0.2) is 35.3 Å². The molecule has 0 aromatic heterocycles. The fraction of sp³-hybridized carbons (Fsp3) is 0.565.